The summed E-state index contributed by atoms with van der Waals surface area (Å²) in [5, 5.41) is 3.43. The molecule has 0 atom stereocenters. The van der Waals surface area contributed by atoms with E-state index in [9.17, 15) is 4.79 Å². The smallest absolute Gasteiger partial charge is 0.259 e. The zero-order valence-electron chi connectivity index (χ0n) is 13.5. The quantitative estimate of drug-likeness (QED) is 0.622. The number of hydrogen-bond acceptors (Lipinski definition) is 3. The minimum absolute atomic E-state index is 0.263. The van der Waals surface area contributed by atoms with Gasteiger partial charge in [-0.1, -0.05) is 53.7 Å². The topological polar surface area (TPSA) is 38.3 Å². The number of ether oxygens (including phenoxy) is 1. The number of benzene rings is 3. The maximum absolute atomic E-state index is 12.7. The lowest BCUT2D eigenvalue weighted by Crippen LogP contribution is -2.13. The third kappa shape index (κ3) is 4.35. The molecule has 0 saturated carbocycles. The first-order valence-corrected chi connectivity index (χ1v) is 8.83. The van der Waals surface area contributed by atoms with E-state index < -0.39 is 0 Å². The number of halogens is 1. The van der Waals surface area contributed by atoms with Crippen molar-refractivity contribution in [2.45, 2.75) is 9.79 Å². The molecule has 0 spiro atoms. The highest BCUT2D eigenvalue weighted by Gasteiger charge is 2.15. The SMILES string of the molecule is COc1ccc(Cl)cc1C(=O)Nc1ccccc1Sc1ccccc1. The number of carbonyl (C=O) groups excluding carboxylic acids is 1. The van der Waals surface area contributed by atoms with Gasteiger partial charge in [0.1, 0.15) is 5.75 Å². The summed E-state index contributed by atoms with van der Waals surface area (Å²) in [6, 6.07) is 22.7. The summed E-state index contributed by atoms with van der Waals surface area (Å²) in [4.78, 5) is 14.8. The van der Waals surface area contributed by atoms with Crippen molar-refractivity contribution in [3.05, 3.63) is 83.4 Å². The number of hydrogen-bond donors (Lipinski definition) is 1. The Morgan fingerprint density at radius 3 is 2.48 bits per heavy atom. The molecule has 5 heteroatoms. The van der Waals surface area contributed by atoms with Crippen molar-refractivity contribution in [2.24, 2.45) is 0 Å². The van der Waals surface area contributed by atoms with Gasteiger partial charge in [0.05, 0.1) is 18.4 Å². The number of rotatable bonds is 5. The van der Waals surface area contributed by atoms with Gasteiger partial charge in [-0.3, -0.25) is 4.79 Å². The molecule has 126 valence electrons. The van der Waals surface area contributed by atoms with Crippen LogP contribution in [0, 0.1) is 0 Å². The molecule has 0 aliphatic rings. The summed E-state index contributed by atoms with van der Waals surface area (Å²) in [7, 11) is 1.53. The highest BCUT2D eigenvalue weighted by Crippen LogP contribution is 2.34. The van der Waals surface area contributed by atoms with Crippen LogP contribution in [0.4, 0.5) is 5.69 Å². The second-order valence-corrected chi connectivity index (χ2v) is 6.76. The van der Waals surface area contributed by atoms with Crippen LogP contribution in [0.5, 0.6) is 5.75 Å². The van der Waals surface area contributed by atoms with Crippen molar-refractivity contribution in [3.63, 3.8) is 0 Å². The van der Waals surface area contributed by atoms with E-state index in [1.54, 1.807) is 30.0 Å². The first kappa shape index (κ1) is 17.4. The lowest BCUT2D eigenvalue weighted by Gasteiger charge is -2.13. The molecule has 0 fully saturated rings. The van der Waals surface area contributed by atoms with E-state index in [-0.39, 0.29) is 5.91 Å². The highest BCUT2D eigenvalue weighted by molar-refractivity contribution is 7.99. The monoisotopic (exact) mass is 369 g/mol. The Morgan fingerprint density at radius 2 is 1.72 bits per heavy atom. The molecule has 3 aromatic carbocycles. The van der Waals surface area contributed by atoms with Crippen LogP contribution >= 0.6 is 23.4 Å². The van der Waals surface area contributed by atoms with Crippen LogP contribution in [0.1, 0.15) is 10.4 Å². The van der Waals surface area contributed by atoms with Crippen LogP contribution in [0.25, 0.3) is 0 Å². The molecule has 0 bridgehead atoms. The number of para-hydroxylation sites is 1. The molecule has 0 heterocycles. The van der Waals surface area contributed by atoms with E-state index >= 15 is 0 Å². The van der Waals surface area contributed by atoms with E-state index in [1.165, 1.54) is 7.11 Å². The van der Waals surface area contributed by atoms with Crippen LogP contribution < -0.4 is 10.1 Å². The van der Waals surface area contributed by atoms with E-state index in [0.29, 0.717) is 16.3 Å². The zero-order chi connectivity index (χ0) is 17.6. The van der Waals surface area contributed by atoms with Crippen molar-refractivity contribution < 1.29 is 9.53 Å². The summed E-state index contributed by atoms with van der Waals surface area (Å²) in [6.07, 6.45) is 0. The Kier molecular flexibility index (Phi) is 5.64. The predicted molar refractivity (Wildman–Crippen MR) is 103 cm³/mol. The fraction of sp³-hybridized carbons (Fsp3) is 0.0500. The molecule has 0 saturated heterocycles. The Morgan fingerprint density at radius 1 is 1.00 bits per heavy atom. The summed E-state index contributed by atoms with van der Waals surface area (Å²) >= 11 is 7.61. The number of anilines is 1. The molecule has 0 radical (unpaired) electrons. The number of nitrogens with one attached hydrogen (secondary N) is 1. The van der Waals surface area contributed by atoms with Crippen LogP contribution in [-0.2, 0) is 0 Å². The Balaban J connectivity index is 1.86. The molecular weight excluding hydrogens is 354 g/mol. The summed E-state index contributed by atoms with van der Waals surface area (Å²) in [5.74, 6) is 0.218. The predicted octanol–water partition coefficient (Wildman–Crippen LogP) is 5.75. The molecular formula is C20H16ClNO2S. The second-order valence-electron chi connectivity index (χ2n) is 5.21. The van der Waals surface area contributed by atoms with Crippen molar-refractivity contribution in [3.8, 4) is 5.75 Å². The lowest BCUT2D eigenvalue weighted by atomic mass is 10.2. The molecule has 25 heavy (non-hydrogen) atoms. The molecule has 1 amide bonds. The summed E-state index contributed by atoms with van der Waals surface area (Å²) in [6.45, 7) is 0. The molecule has 3 aromatic rings. The largest absolute Gasteiger partial charge is 0.496 e. The van der Waals surface area contributed by atoms with Gasteiger partial charge in [-0.2, -0.15) is 0 Å². The number of carbonyl (C=O) groups is 1. The number of amides is 1. The highest BCUT2D eigenvalue weighted by atomic mass is 35.5. The Hall–Kier alpha value is -2.43. The van der Waals surface area contributed by atoms with Crippen LogP contribution in [0.3, 0.4) is 0 Å². The molecule has 0 aromatic heterocycles. The maximum atomic E-state index is 12.7. The van der Waals surface area contributed by atoms with Crippen LogP contribution in [0.15, 0.2) is 82.6 Å². The minimum atomic E-state index is -0.263. The van der Waals surface area contributed by atoms with Gasteiger partial charge in [-0.25, -0.2) is 0 Å². The van der Waals surface area contributed by atoms with Gasteiger partial charge in [0.2, 0.25) is 0 Å². The van der Waals surface area contributed by atoms with Gasteiger partial charge in [0.25, 0.3) is 5.91 Å². The summed E-state index contributed by atoms with van der Waals surface area (Å²) < 4.78 is 5.26. The second kappa shape index (κ2) is 8.10. The fourth-order valence-corrected chi connectivity index (χ4v) is 3.42. The van der Waals surface area contributed by atoms with E-state index in [4.69, 9.17) is 16.3 Å². The minimum Gasteiger partial charge on any atom is -0.496 e. The van der Waals surface area contributed by atoms with E-state index in [0.717, 1.165) is 15.5 Å². The molecule has 0 aliphatic heterocycles. The third-order valence-corrected chi connectivity index (χ3v) is 4.83. The van der Waals surface area contributed by atoms with Gasteiger partial charge in [0, 0.05) is 14.8 Å². The number of methoxy groups -OCH3 is 1. The Labute approximate surface area is 156 Å². The van der Waals surface area contributed by atoms with E-state index in [1.807, 2.05) is 54.6 Å². The normalized spacial score (nSPS) is 10.3. The van der Waals surface area contributed by atoms with Gasteiger partial charge >= 0.3 is 0 Å². The van der Waals surface area contributed by atoms with Crippen molar-refractivity contribution >= 4 is 35.0 Å². The first-order chi connectivity index (χ1) is 12.2. The van der Waals surface area contributed by atoms with Gasteiger partial charge in [0.15, 0.2) is 0 Å². The van der Waals surface area contributed by atoms with Crippen molar-refractivity contribution in [1.82, 2.24) is 0 Å². The van der Waals surface area contributed by atoms with Crippen LogP contribution in [0.2, 0.25) is 5.02 Å². The van der Waals surface area contributed by atoms with Crippen LogP contribution in [-0.4, -0.2) is 13.0 Å². The van der Waals surface area contributed by atoms with Gasteiger partial charge < -0.3 is 10.1 Å². The summed E-state index contributed by atoms with van der Waals surface area (Å²) in [5.41, 5.74) is 1.14. The lowest BCUT2D eigenvalue weighted by molar-refractivity contribution is 0.102. The Bertz CT molecular complexity index is 884. The molecule has 3 rings (SSSR count). The van der Waals surface area contributed by atoms with Gasteiger partial charge in [-0.05, 0) is 42.5 Å². The maximum Gasteiger partial charge on any atom is 0.259 e. The zero-order valence-corrected chi connectivity index (χ0v) is 15.1. The fourth-order valence-electron chi connectivity index (χ4n) is 2.32. The van der Waals surface area contributed by atoms with Crippen molar-refractivity contribution in [2.75, 3.05) is 12.4 Å². The molecule has 0 unspecified atom stereocenters. The first-order valence-electron chi connectivity index (χ1n) is 7.64. The average molecular weight is 370 g/mol. The molecule has 1 N–H and O–H groups in total. The average Bonchev–Trinajstić information content (AvgIpc) is 2.64. The molecule has 0 aliphatic carbocycles. The van der Waals surface area contributed by atoms with Crippen molar-refractivity contribution in [1.29, 1.82) is 0 Å². The standard InChI is InChI=1S/C20H16ClNO2S/c1-24-18-12-11-14(21)13-16(18)20(23)22-17-9-5-6-10-19(17)25-15-7-3-2-4-8-15/h2-13H,1H3,(H,22,23). The molecule has 3 nitrogen and oxygen atoms in total. The van der Waals surface area contributed by atoms with E-state index in [2.05, 4.69) is 5.32 Å². The van der Waals surface area contributed by atoms with Gasteiger partial charge in [-0.15, -0.1) is 0 Å². The third-order valence-electron chi connectivity index (χ3n) is 3.51.